The summed E-state index contributed by atoms with van der Waals surface area (Å²) >= 11 is 0. The maximum atomic E-state index is 12.5. The molecule has 0 aliphatic heterocycles. The van der Waals surface area contributed by atoms with Crippen molar-refractivity contribution < 1.29 is 4.79 Å². The Morgan fingerprint density at radius 1 is 1.35 bits per heavy atom. The van der Waals surface area contributed by atoms with Crippen LogP contribution in [0.5, 0.6) is 0 Å². The van der Waals surface area contributed by atoms with Crippen molar-refractivity contribution in [2.45, 2.75) is 33.4 Å². The lowest BCUT2D eigenvalue weighted by atomic mass is 9.86. The van der Waals surface area contributed by atoms with E-state index in [1.807, 2.05) is 35.8 Å². The molecule has 1 N–H and O–H groups in total. The summed E-state index contributed by atoms with van der Waals surface area (Å²) in [6.45, 7) is 7.02. The highest BCUT2D eigenvalue weighted by Gasteiger charge is 2.27. The van der Waals surface area contributed by atoms with Gasteiger partial charge in [-0.25, -0.2) is 9.97 Å². The summed E-state index contributed by atoms with van der Waals surface area (Å²) in [4.78, 5) is 22.8. The van der Waals surface area contributed by atoms with Crippen molar-refractivity contribution in [1.82, 2.24) is 19.9 Å². The second-order valence-corrected chi connectivity index (χ2v) is 6.95. The molecule has 6 nitrogen and oxygen atoms in total. The highest BCUT2D eigenvalue weighted by atomic mass is 16.1. The molecule has 124 valence electrons. The number of carbonyl (C=O) groups excluding carboxylic acids is 1. The topological polar surface area (TPSA) is 63.1 Å². The van der Waals surface area contributed by atoms with E-state index in [1.165, 1.54) is 0 Å². The monoisotopic (exact) mass is 315 g/mol. The van der Waals surface area contributed by atoms with Crippen LogP contribution < -0.4 is 10.2 Å². The first-order chi connectivity index (χ1) is 10.8. The standard InChI is InChI=1S/C17H25N5O/c1-17(2,3)14(11-22-9-8-18-12-22)20-16(23)13-6-7-15(19-10-13)21(4)5/h6-10,12,14H,11H2,1-5H3,(H,20,23). The number of hydrogen-bond donors (Lipinski definition) is 1. The molecule has 1 amide bonds. The molecule has 0 aromatic carbocycles. The van der Waals surface area contributed by atoms with Gasteiger partial charge in [-0.15, -0.1) is 0 Å². The van der Waals surface area contributed by atoms with Crippen LogP contribution in [0.4, 0.5) is 5.82 Å². The summed E-state index contributed by atoms with van der Waals surface area (Å²) in [5.74, 6) is 0.718. The van der Waals surface area contributed by atoms with Gasteiger partial charge in [-0.1, -0.05) is 20.8 Å². The maximum absolute atomic E-state index is 12.5. The van der Waals surface area contributed by atoms with Gasteiger partial charge in [0, 0.05) is 39.2 Å². The quantitative estimate of drug-likeness (QED) is 0.918. The molecule has 6 heteroatoms. The lowest BCUT2D eigenvalue weighted by Crippen LogP contribution is -2.46. The van der Waals surface area contributed by atoms with E-state index in [0.29, 0.717) is 12.1 Å². The molecule has 0 saturated carbocycles. The number of amides is 1. The molecule has 2 aromatic heterocycles. The van der Waals surface area contributed by atoms with Crippen LogP contribution in [0.3, 0.4) is 0 Å². The average molecular weight is 315 g/mol. The third kappa shape index (κ3) is 4.55. The molecule has 2 heterocycles. The van der Waals surface area contributed by atoms with Gasteiger partial charge in [0.25, 0.3) is 5.91 Å². The number of imidazole rings is 1. The van der Waals surface area contributed by atoms with Crippen molar-refractivity contribution in [2.75, 3.05) is 19.0 Å². The van der Waals surface area contributed by atoms with E-state index in [1.54, 1.807) is 24.8 Å². The first kappa shape index (κ1) is 17.0. The van der Waals surface area contributed by atoms with E-state index >= 15 is 0 Å². The summed E-state index contributed by atoms with van der Waals surface area (Å²) in [7, 11) is 3.84. The molecular formula is C17H25N5O. The number of carbonyl (C=O) groups is 1. The Bertz CT molecular complexity index is 626. The van der Waals surface area contributed by atoms with Gasteiger partial charge in [0.1, 0.15) is 5.82 Å². The number of nitrogens with one attached hydrogen (secondary N) is 1. The fourth-order valence-corrected chi connectivity index (χ4v) is 2.17. The smallest absolute Gasteiger partial charge is 0.253 e. The molecule has 0 aliphatic carbocycles. The van der Waals surface area contributed by atoms with Gasteiger partial charge in [0.05, 0.1) is 17.9 Å². The van der Waals surface area contributed by atoms with E-state index in [0.717, 1.165) is 5.82 Å². The van der Waals surface area contributed by atoms with Crippen molar-refractivity contribution in [1.29, 1.82) is 0 Å². The molecule has 0 saturated heterocycles. The van der Waals surface area contributed by atoms with Gasteiger partial charge in [0.2, 0.25) is 0 Å². The fraction of sp³-hybridized carbons (Fsp3) is 0.471. The van der Waals surface area contributed by atoms with Gasteiger partial charge in [-0.2, -0.15) is 0 Å². The van der Waals surface area contributed by atoms with Crippen LogP contribution in [0.15, 0.2) is 37.1 Å². The van der Waals surface area contributed by atoms with Crippen LogP contribution in [0.2, 0.25) is 0 Å². The Labute approximate surface area is 137 Å². The van der Waals surface area contributed by atoms with Crippen molar-refractivity contribution in [3.8, 4) is 0 Å². The molecule has 0 radical (unpaired) electrons. The molecular weight excluding hydrogens is 290 g/mol. The third-order valence-corrected chi connectivity index (χ3v) is 3.77. The van der Waals surface area contributed by atoms with Crippen LogP contribution in [0.1, 0.15) is 31.1 Å². The number of hydrogen-bond acceptors (Lipinski definition) is 4. The van der Waals surface area contributed by atoms with Gasteiger partial charge in [0.15, 0.2) is 0 Å². The van der Waals surface area contributed by atoms with Crippen LogP contribution in [-0.2, 0) is 6.54 Å². The Hall–Kier alpha value is -2.37. The fourth-order valence-electron chi connectivity index (χ4n) is 2.17. The minimum Gasteiger partial charge on any atom is -0.363 e. The summed E-state index contributed by atoms with van der Waals surface area (Å²) < 4.78 is 1.98. The molecule has 1 unspecified atom stereocenters. The van der Waals surface area contributed by atoms with E-state index in [-0.39, 0.29) is 17.4 Å². The molecule has 0 fully saturated rings. The molecule has 0 bridgehead atoms. The van der Waals surface area contributed by atoms with Crippen molar-refractivity contribution in [2.24, 2.45) is 5.41 Å². The number of rotatable bonds is 5. The summed E-state index contributed by atoms with van der Waals surface area (Å²) in [6.07, 6.45) is 7.02. The van der Waals surface area contributed by atoms with Gasteiger partial charge >= 0.3 is 0 Å². The molecule has 23 heavy (non-hydrogen) atoms. The van der Waals surface area contributed by atoms with Crippen molar-refractivity contribution in [3.63, 3.8) is 0 Å². The van der Waals surface area contributed by atoms with E-state index in [2.05, 4.69) is 36.1 Å². The lowest BCUT2D eigenvalue weighted by molar-refractivity contribution is 0.0892. The Morgan fingerprint density at radius 3 is 2.57 bits per heavy atom. The molecule has 2 aromatic rings. The van der Waals surface area contributed by atoms with Gasteiger partial charge < -0.3 is 14.8 Å². The van der Waals surface area contributed by atoms with Crippen LogP contribution in [0.25, 0.3) is 0 Å². The van der Waals surface area contributed by atoms with E-state index in [9.17, 15) is 4.79 Å². The summed E-state index contributed by atoms with van der Waals surface area (Å²) in [5, 5.41) is 3.12. The lowest BCUT2D eigenvalue weighted by Gasteiger charge is -2.31. The second-order valence-electron chi connectivity index (χ2n) is 6.95. The van der Waals surface area contributed by atoms with Crippen LogP contribution in [-0.4, -0.2) is 40.6 Å². The second kappa shape index (κ2) is 6.81. The Kier molecular flexibility index (Phi) is 5.03. The average Bonchev–Trinajstić information content (AvgIpc) is 2.98. The van der Waals surface area contributed by atoms with Gasteiger partial charge in [-0.05, 0) is 17.5 Å². The van der Waals surface area contributed by atoms with E-state index in [4.69, 9.17) is 0 Å². The zero-order chi connectivity index (χ0) is 17.0. The van der Waals surface area contributed by atoms with Crippen molar-refractivity contribution in [3.05, 3.63) is 42.6 Å². The third-order valence-electron chi connectivity index (χ3n) is 3.77. The Morgan fingerprint density at radius 2 is 2.09 bits per heavy atom. The highest BCUT2D eigenvalue weighted by Crippen LogP contribution is 2.21. The zero-order valence-electron chi connectivity index (χ0n) is 14.4. The number of pyridine rings is 1. The molecule has 2 rings (SSSR count). The molecule has 0 spiro atoms. The molecule has 0 aliphatic rings. The van der Waals surface area contributed by atoms with Crippen LogP contribution >= 0.6 is 0 Å². The van der Waals surface area contributed by atoms with Crippen molar-refractivity contribution >= 4 is 11.7 Å². The minimum atomic E-state index is -0.108. The SMILES string of the molecule is CN(C)c1ccc(C(=O)NC(Cn2ccnc2)C(C)(C)C)cn1. The molecule has 1 atom stereocenters. The first-order valence-corrected chi connectivity index (χ1v) is 7.67. The number of aromatic nitrogens is 3. The summed E-state index contributed by atoms with van der Waals surface area (Å²) in [5.41, 5.74) is 0.493. The summed E-state index contributed by atoms with van der Waals surface area (Å²) in [6, 6.07) is 3.63. The Balaban J connectivity index is 2.10. The predicted octanol–water partition coefficient (Wildman–Crippen LogP) is 2.19. The zero-order valence-corrected chi connectivity index (χ0v) is 14.4. The number of nitrogens with zero attached hydrogens (tertiary/aromatic N) is 4. The normalized spacial score (nSPS) is 12.7. The van der Waals surface area contributed by atoms with Crippen LogP contribution in [0, 0.1) is 5.41 Å². The largest absolute Gasteiger partial charge is 0.363 e. The van der Waals surface area contributed by atoms with E-state index < -0.39 is 0 Å². The highest BCUT2D eigenvalue weighted by molar-refractivity contribution is 5.94. The maximum Gasteiger partial charge on any atom is 0.253 e. The first-order valence-electron chi connectivity index (χ1n) is 7.67. The predicted molar refractivity (Wildman–Crippen MR) is 91.5 cm³/mol. The number of anilines is 1. The minimum absolute atomic E-state index is 0.0160. The van der Waals surface area contributed by atoms with Gasteiger partial charge in [-0.3, -0.25) is 4.79 Å².